The molecule has 0 spiro atoms. The Morgan fingerprint density at radius 1 is 1.35 bits per heavy atom. The number of nitro groups is 1. The summed E-state index contributed by atoms with van der Waals surface area (Å²) in [5.41, 5.74) is 0.653. The summed E-state index contributed by atoms with van der Waals surface area (Å²) in [6, 6.07) is 8.66. The van der Waals surface area contributed by atoms with Crippen molar-refractivity contribution < 1.29 is 9.66 Å². The van der Waals surface area contributed by atoms with Crippen LogP contribution in [0.3, 0.4) is 0 Å². The minimum absolute atomic E-state index is 0.0429. The first-order valence-corrected chi connectivity index (χ1v) is 8.69. The van der Waals surface area contributed by atoms with E-state index in [-0.39, 0.29) is 12.3 Å². The van der Waals surface area contributed by atoms with E-state index in [1.54, 1.807) is 23.6 Å². The zero-order chi connectivity index (χ0) is 18.7. The van der Waals surface area contributed by atoms with Gasteiger partial charge in [0.05, 0.1) is 9.95 Å². The van der Waals surface area contributed by atoms with Gasteiger partial charge in [0.25, 0.3) is 5.69 Å². The summed E-state index contributed by atoms with van der Waals surface area (Å²) >= 11 is 7.35. The monoisotopic (exact) mass is 391 g/mol. The number of pyridine rings is 1. The summed E-state index contributed by atoms with van der Waals surface area (Å²) in [4.78, 5) is 14.5. The van der Waals surface area contributed by atoms with Crippen molar-refractivity contribution in [1.82, 2.24) is 19.7 Å². The van der Waals surface area contributed by atoms with Crippen LogP contribution < -0.4 is 4.74 Å². The number of aromatic nitrogens is 4. The Bertz CT molecular complexity index is 963. The molecule has 0 saturated carbocycles. The fourth-order valence-electron chi connectivity index (χ4n) is 2.10. The Kier molecular flexibility index (Phi) is 5.38. The van der Waals surface area contributed by atoms with Crippen LogP contribution in [-0.4, -0.2) is 24.7 Å². The summed E-state index contributed by atoms with van der Waals surface area (Å²) in [5.74, 6) is 1.19. The first-order valence-electron chi connectivity index (χ1n) is 7.50. The largest absolute Gasteiger partial charge is 0.484 e. The fourth-order valence-corrected chi connectivity index (χ4v) is 3.12. The SMILES string of the molecule is Cc1cc([N+](=O)[O-])cnc1Sc1nnc(COc2ccccc2Cl)n1C. The molecule has 3 aromatic rings. The molecule has 0 N–H and O–H groups in total. The molecule has 0 bridgehead atoms. The van der Waals surface area contributed by atoms with Gasteiger partial charge in [-0.2, -0.15) is 0 Å². The molecule has 2 heterocycles. The third-order valence-electron chi connectivity index (χ3n) is 3.53. The second kappa shape index (κ2) is 7.71. The van der Waals surface area contributed by atoms with Crippen molar-refractivity contribution in [1.29, 1.82) is 0 Å². The van der Waals surface area contributed by atoms with Crippen molar-refractivity contribution in [2.75, 3.05) is 0 Å². The van der Waals surface area contributed by atoms with Gasteiger partial charge in [-0.3, -0.25) is 10.1 Å². The third-order valence-corrected chi connectivity index (χ3v) is 5.00. The number of halogens is 1. The molecular weight excluding hydrogens is 378 g/mol. The molecule has 8 nitrogen and oxygen atoms in total. The molecule has 2 aromatic heterocycles. The lowest BCUT2D eigenvalue weighted by atomic mass is 10.3. The summed E-state index contributed by atoms with van der Waals surface area (Å²) in [6.45, 7) is 1.97. The molecular formula is C16H14ClN5O3S. The van der Waals surface area contributed by atoms with Crippen molar-refractivity contribution >= 4 is 29.1 Å². The molecule has 0 saturated heterocycles. The Morgan fingerprint density at radius 3 is 2.81 bits per heavy atom. The van der Waals surface area contributed by atoms with Gasteiger partial charge in [-0.05, 0) is 36.4 Å². The maximum Gasteiger partial charge on any atom is 0.287 e. The van der Waals surface area contributed by atoms with E-state index in [1.807, 2.05) is 19.2 Å². The van der Waals surface area contributed by atoms with Crippen LogP contribution in [-0.2, 0) is 13.7 Å². The molecule has 0 fully saturated rings. The lowest BCUT2D eigenvalue weighted by Crippen LogP contribution is -2.04. The van der Waals surface area contributed by atoms with Crippen LogP contribution in [0.1, 0.15) is 11.4 Å². The highest BCUT2D eigenvalue weighted by atomic mass is 35.5. The smallest absolute Gasteiger partial charge is 0.287 e. The van der Waals surface area contributed by atoms with Crippen LogP contribution in [0.5, 0.6) is 5.75 Å². The van der Waals surface area contributed by atoms with E-state index in [4.69, 9.17) is 16.3 Å². The third kappa shape index (κ3) is 3.94. The maximum atomic E-state index is 10.8. The van der Waals surface area contributed by atoms with Gasteiger partial charge in [0.1, 0.15) is 23.6 Å². The van der Waals surface area contributed by atoms with Gasteiger partial charge in [0, 0.05) is 13.1 Å². The number of aryl methyl sites for hydroxylation is 1. The first-order chi connectivity index (χ1) is 12.5. The van der Waals surface area contributed by atoms with Crippen LogP contribution >= 0.6 is 23.4 Å². The van der Waals surface area contributed by atoms with E-state index in [0.29, 0.717) is 32.3 Å². The summed E-state index contributed by atoms with van der Waals surface area (Å²) in [5, 5.41) is 20.8. The zero-order valence-electron chi connectivity index (χ0n) is 13.9. The molecule has 0 amide bonds. The zero-order valence-corrected chi connectivity index (χ0v) is 15.5. The Morgan fingerprint density at radius 2 is 2.12 bits per heavy atom. The highest BCUT2D eigenvalue weighted by Gasteiger charge is 2.15. The second-order valence-electron chi connectivity index (χ2n) is 5.35. The first kappa shape index (κ1) is 18.2. The van der Waals surface area contributed by atoms with E-state index in [9.17, 15) is 10.1 Å². The minimum atomic E-state index is -0.471. The van der Waals surface area contributed by atoms with Crippen LogP contribution in [0.25, 0.3) is 0 Å². The van der Waals surface area contributed by atoms with Crippen molar-refractivity contribution in [3.63, 3.8) is 0 Å². The van der Waals surface area contributed by atoms with E-state index in [0.717, 1.165) is 0 Å². The number of para-hydroxylation sites is 1. The van der Waals surface area contributed by atoms with Gasteiger partial charge in [0.2, 0.25) is 0 Å². The average molecular weight is 392 g/mol. The van der Waals surface area contributed by atoms with Crippen molar-refractivity contribution in [2.24, 2.45) is 7.05 Å². The van der Waals surface area contributed by atoms with Crippen LogP contribution in [0.15, 0.2) is 46.7 Å². The molecule has 134 valence electrons. The number of hydrogen-bond donors (Lipinski definition) is 0. The molecule has 0 unspecified atom stereocenters. The molecule has 26 heavy (non-hydrogen) atoms. The molecule has 0 aliphatic carbocycles. The van der Waals surface area contributed by atoms with Crippen molar-refractivity contribution in [2.45, 2.75) is 23.7 Å². The second-order valence-corrected chi connectivity index (χ2v) is 6.71. The van der Waals surface area contributed by atoms with E-state index < -0.39 is 4.92 Å². The van der Waals surface area contributed by atoms with Crippen molar-refractivity contribution in [3.8, 4) is 5.75 Å². The lowest BCUT2D eigenvalue weighted by Gasteiger charge is -2.08. The Balaban J connectivity index is 1.73. The molecule has 0 atom stereocenters. The quantitative estimate of drug-likeness (QED) is 0.465. The van der Waals surface area contributed by atoms with Crippen LogP contribution in [0.2, 0.25) is 5.02 Å². The number of benzene rings is 1. The highest BCUT2D eigenvalue weighted by molar-refractivity contribution is 7.99. The van der Waals surface area contributed by atoms with Crippen LogP contribution in [0, 0.1) is 17.0 Å². The van der Waals surface area contributed by atoms with Gasteiger partial charge >= 0.3 is 0 Å². The molecule has 10 heteroatoms. The fraction of sp³-hybridized carbons (Fsp3) is 0.188. The molecule has 0 radical (unpaired) electrons. The Labute approximate surface area is 158 Å². The number of rotatable bonds is 6. The lowest BCUT2D eigenvalue weighted by molar-refractivity contribution is -0.385. The Hall–Kier alpha value is -2.65. The standard InChI is InChI=1S/C16H14ClN5O3S/c1-10-7-11(22(23)24)8-18-15(10)26-16-20-19-14(21(16)2)9-25-13-6-4-3-5-12(13)17/h3-8H,9H2,1-2H3. The van der Waals surface area contributed by atoms with E-state index in [1.165, 1.54) is 24.0 Å². The predicted octanol–water partition coefficient (Wildman–Crippen LogP) is 3.81. The van der Waals surface area contributed by atoms with Crippen LogP contribution in [0.4, 0.5) is 5.69 Å². The average Bonchev–Trinajstić information content (AvgIpc) is 2.96. The highest BCUT2D eigenvalue weighted by Crippen LogP contribution is 2.29. The number of hydrogen-bond acceptors (Lipinski definition) is 7. The summed E-state index contributed by atoms with van der Waals surface area (Å²) in [7, 11) is 1.81. The van der Waals surface area contributed by atoms with Gasteiger partial charge in [-0.15, -0.1) is 10.2 Å². The molecule has 0 aliphatic heterocycles. The summed E-state index contributed by atoms with van der Waals surface area (Å²) in [6.07, 6.45) is 1.23. The number of nitrogens with zero attached hydrogens (tertiary/aromatic N) is 5. The topological polar surface area (TPSA) is 96.0 Å². The van der Waals surface area contributed by atoms with E-state index >= 15 is 0 Å². The summed E-state index contributed by atoms with van der Waals surface area (Å²) < 4.78 is 7.46. The van der Waals surface area contributed by atoms with Gasteiger partial charge in [-0.25, -0.2) is 4.98 Å². The molecule has 3 rings (SSSR count). The van der Waals surface area contributed by atoms with E-state index in [2.05, 4.69) is 15.2 Å². The minimum Gasteiger partial charge on any atom is -0.484 e. The van der Waals surface area contributed by atoms with Gasteiger partial charge in [0.15, 0.2) is 11.0 Å². The normalized spacial score (nSPS) is 10.7. The number of ether oxygens (including phenoxy) is 1. The van der Waals surface area contributed by atoms with Gasteiger partial charge < -0.3 is 9.30 Å². The predicted molar refractivity (Wildman–Crippen MR) is 96.5 cm³/mol. The molecule has 1 aromatic carbocycles. The maximum absolute atomic E-state index is 10.8. The van der Waals surface area contributed by atoms with Gasteiger partial charge in [-0.1, -0.05) is 23.7 Å². The molecule has 0 aliphatic rings. The van der Waals surface area contributed by atoms with Crippen molar-refractivity contribution in [3.05, 3.63) is 63.1 Å².